The van der Waals surface area contributed by atoms with Crippen LogP contribution >= 0.6 is 15.9 Å². The van der Waals surface area contributed by atoms with Crippen molar-refractivity contribution in [3.63, 3.8) is 0 Å². The van der Waals surface area contributed by atoms with Crippen LogP contribution in [0.1, 0.15) is 38.7 Å². The van der Waals surface area contributed by atoms with Gasteiger partial charge in [-0.15, -0.1) is 0 Å². The molecule has 1 aromatic heterocycles. The first-order valence-corrected chi connectivity index (χ1v) is 8.07. The summed E-state index contributed by atoms with van der Waals surface area (Å²) in [6.45, 7) is 6.47. The maximum Gasteiger partial charge on any atom is 0.133 e. The van der Waals surface area contributed by atoms with E-state index < -0.39 is 0 Å². The Bertz CT molecular complexity index is 461. The van der Waals surface area contributed by atoms with E-state index in [0.29, 0.717) is 6.04 Å². The van der Waals surface area contributed by atoms with E-state index in [-0.39, 0.29) is 0 Å². The third-order valence-corrected chi connectivity index (χ3v) is 4.73. The SMILES string of the molecule is CC(C)NCc1cc(Br)cnc1N1CC2CCC1C2. The summed E-state index contributed by atoms with van der Waals surface area (Å²) in [6.07, 6.45) is 6.06. The molecular formula is C15H22BrN3. The summed E-state index contributed by atoms with van der Waals surface area (Å²) in [4.78, 5) is 7.24. The van der Waals surface area contributed by atoms with Gasteiger partial charge < -0.3 is 10.2 Å². The number of hydrogen-bond acceptors (Lipinski definition) is 3. The number of halogens is 1. The van der Waals surface area contributed by atoms with Crippen molar-refractivity contribution in [2.24, 2.45) is 5.92 Å². The Morgan fingerprint density at radius 3 is 2.95 bits per heavy atom. The lowest BCUT2D eigenvalue weighted by atomic mass is 10.1. The maximum absolute atomic E-state index is 4.70. The Morgan fingerprint density at radius 2 is 2.32 bits per heavy atom. The van der Waals surface area contributed by atoms with Crippen LogP contribution in [0.25, 0.3) is 0 Å². The third-order valence-electron chi connectivity index (χ3n) is 4.29. The van der Waals surface area contributed by atoms with E-state index >= 15 is 0 Å². The molecule has 1 aromatic rings. The van der Waals surface area contributed by atoms with Crippen molar-refractivity contribution in [2.75, 3.05) is 11.4 Å². The summed E-state index contributed by atoms with van der Waals surface area (Å²) in [6, 6.07) is 3.45. The number of aromatic nitrogens is 1. The molecule has 2 aliphatic rings. The third kappa shape index (κ3) is 2.79. The maximum atomic E-state index is 4.70. The summed E-state index contributed by atoms with van der Waals surface area (Å²) in [5.41, 5.74) is 1.32. The highest BCUT2D eigenvalue weighted by Crippen LogP contribution is 2.40. The standard InChI is InChI=1S/C15H22BrN3/c1-10(2)17-7-12-6-13(16)8-18-15(12)19-9-11-3-4-14(19)5-11/h6,8,10-11,14,17H,3-5,7,9H2,1-2H3. The van der Waals surface area contributed by atoms with Gasteiger partial charge >= 0.3 is 0 Å². The lowest BCUT2D eigenvalue weighted by molar-refractivity contribution is 0.544. The molecule has 0 spiro atoms. The van der Waals surface area contributed by atoms with Gasteiger partial charge in [0.15, 0.2) is 0 Å². The number of nitrogens with zero attached hydrogens (tertiary/aromatic N) is 2. The molecule has 1 saturated heterocycles. The van der Waals surface area contributed by atoms with E-state index in [9.17, 15) is 0 Å². The summed E-state index contributed by atoms with van der Waals surface area (Å²) in [7, 11) is 0. The van der Waals surface area contributed by atoms with Crippen LogP contribution < -0.4 is 10.2 Å². The van der Waals surface area contributed by atoms with E-state index in [1.165, 1.54) is 37.2 Å². The van der Waals surface area contributed by atoms with Crippen LogP contribution in [0.4, 0.5) is 5.82 Å². The fourth-order valence-corrected chi connectivity index (χ4v) is 3.74. The Kier molecular flexibility index (Phi) is 3.81. The number of anilines is 1. The molecule has 4 heteroatoms. The second-order valence-electron chi connectivity index (χ2n) is 6.16. The van der Waals surface area contributed by atoms with E-state index in [4.69, 9.17) is 4.98 Å². The van der Waals surface area contributed by atoms with Crippen LogP contribution in [0, 0.1) is 5.92 Å². The molecule has 0 amide bonds. The molecular weight excluding hydrogens is 302 g/mol. The van der Waals surface area contributed by atoms with Gasteiger partial charge in [-0.3, -0.25) is 0 Å². The molecule has 0 radical (unpaired) electrons. The predicted molar refractivity (Wildman–Crippen MR) is 82.4 cm³/mol. The molecule has 19 heavy (non-hydrogen) atoms. The summed E-state index contributed by atoms with van der Waals surface area (Å²) in [5, 5.41) is 3.51. The van der Waals surface area contributed by atoms with Crippen molar-refractivity contribution in [2.45, 2.75) is 51.7 Å². The molecule has 3 nitrogen and oxygen atoms in total. The first kappa shape index (κ1) is 13.4. The van der Waals surface area contributed by atoms with Gasteiger partial charge in [-0.2, -0.15) is 0 Å². The minimum absolute atomic E-state index is 0.502. The zero-order chi connectivity index (χ0) is 13.4. The average molecular weight is 324 g/mol. The van der Waals surface area contributed by atoms with E-state index in [1.54, 1.807) is 0 Å². The van der Waals surface area contributed by atoms with Gasteiger partial charge in [0.05, 0.1) is 0 Å². The van der Waals surface area contributed by atoms with Gasteiger partial charge in [0.2, 0.25) is 0 Å². The van der Waals surface area contributed by atoms with Crippen LogP contribution in [0.15, 0.2) is 16.7 Å². The van der Waals surface area contributed by atoms with E-state index in [2.05, 4.69) is 46.1 Å². The molecule has 2 unspecified atom stereocenters. The Hall–Kier alpha value is -0.610. The number of piperidine rings is 1. The highest BCUT2D eigenvalue weighted by Gasteiger charge is 2.39. The van der Waals surface area contributed by atoms with Crippen molar-refractivity contribution < 1.29 is 0 Å². The summed E-state index contributed by atoms with van der Waals surface area (Å²) in [5.74, 6) is 2.10. The van der Waals surface area contributed by atoms with Crippen molar-refractivity contribution in [1.29, 1.82) is 0 Å². The molecule has 104 valence electrons. The Balaban J connectivity index is 1.83. The number of rotatable bonds is 4. The van der Waals surface area contributed by atoms with E-state index in [0.717, 1.165) is 23.0 Å². The van der Waals surface area contributed by atoms with Crippen LogP contribution in [0.3, 0.4) is 0 Å². The fraction of sp³-hybridized carbons (Fsp3) is 0.667. The monoisotopic (exact) mass is 323 g/mol. The molecule has 2 bridgehead atoms. The number of hydrogen-bond donors (Lipinski definition) is 1. The zero-order valence-electron chi connectivity index (χ0n) is 11.7. The topological polar surface area (TPSA) is 28.2 Å². The molecule has 2 atom stereocenters. The lowest BCUT2D eigenvalue weighted by Crippen LogP contribution is -2.34. The van der Waals surface area contributed by atoms with Crippen LogP contribution in [0.5, 0.6) is 0 Å². The second-order valence-corrected chi connectivity index (χ2v) is 7.07. The van der Waals surface area contributed by atoms with Crippen LogP contribution in [-0.4, -0.2) is 23.6 Å². The molecule has 1 aliphatic heterocycles. The quantitative estimate of drug-likeness (QED) is 0.921. The van der Waals surface area contributed by atoms with Crippen molar-refractivity contribution in [3.05, 3.63) is 22.3 Å². The van der Waals surface area contributed by atoms with Gasteiger partial charge in [-0.05, 0) is 47.2 Å². The molecule has 3 rings (SSSR count). The normalized spacial score (nSPS) is 25.6. The minimum atomic E-state index is 0.502. The van der Waals surface area contributed by atoms with Gasteiger partial charge in [0, 0.05) is 41.4 Å². The Morgan fingerprint density at radius 1 is 1.47 bits per heavy atom. The fourth-order valence-electron chi connectivity index (χ4n) is 3.36. The van der Waals surface area contributed by atoms with Crippen LogP contribution in [-0.2, 0) is 6.54 Å². The predicted octanol–water partition coefficient (Wildman–Crippen LogP) is 3.33. The first-order valence-electron chi connectivity index (χ1n) is 7.28. The second kappa shape index (κ2) is 5.41. The lowest BCUT2D eigenvalue weighted by Gasteiger charge is -2.30. The highest BCUT2D eigenvalue weighted by atomic mass is 79.9. The van der Waals surface area contributed by atoms with Gasteiger partial charge in [-0.25, -0.2) is 4.98 Å². The Labute approximate surface area is 123 Å². The zero-order valence-corrected chi connectivity index (χ0v) is 13.3. The number of pyridine rings is 1. The van der Waals surface area contributed by atoms with Gasteiger partial charge in [0.25, 0.3) is 0 Å². The number of fused-ring (bicyclic) bond motifs is 2. The summed E-state index contributed by atoms with van der Waals surface area (Å²) < 4.78 is 1.07. The highest BCUT2D eigenvalue weighted by molar-refractivity contribution is 9.10. The molecule has 0 aromatic carbocycles. The smallest absolute Gasteiger partial charge is 0.133 e. The first-order chi connectivity index (χ1) is 9.13. The molecule has 1 aliphatic carbocycles. The molecule has 2 fully saturated rings. The van der Waals surface area contributed by atoms with Crippen molar-refractivity contribution in [1.82, 2.24) is 10.3 Å². The molecule has 1 saturated carbocycles. The van der Waals surface area contributed by atoms with Gasteiger partial charge in [-0.1, -0.05) is 13.8 Å². The molecule has 2 heterocycles. The average Bonchev–Trinajstić information content (AvgIpc) is 2.98. The molecule has 1 N–H and O–H groups in total. The van der Waals surface area contributed by atoms with Crippen molar-refractivity contribution >= 4 is 21.7 Å². The van der Waals surface area contributed by atoms with Gasteiger partial charge in [0.1, 0.15) is 5.82 Å². The minimum Gasteiger partial charge on any atom is -0.353 e. The van der Waals surface area contributed by atoms with Crippen LogP contribution in [0.2, 0.25) is 0 Å². The summed E-state index contributed by atoms with van der Waals surface area (Å²) >= 11 is 3.54. The van der Waals surface area contributed by atoms with E-state index in [1.807, 2.05) is 6.20 Å². The van der Waals surface area contributed by atoms with Crippen molar-refractivity contribution in [3.8, 4) is 0 Å². The number of nitrogens with one attached hydrogen (secondary N) is 1. The largest absolute Gasteiger partial charge is 0.353 e.